The van der Waals surface area contributed by atoms with Gasteiger partial charge in [0, 0.05) is 10.6 Å². The summed E-state index contributed by atoms with van der Waals surface area (Å²) in [5, 5.41) is 11.6. The Hall–Kier alpha value is -4.10. The zero-order valence-corrected chi connectivity index (χ0v) is 20.1. The van der Waals surface area contributed by atoms with Gasteiger partial charge in [0.1, 0.15) is 11.5 Å². The van der Waals surface area contributed by atoms with Gasteiger partial charge in [-0.2, -0.15) is 0 Å². The summed E-state index contributed by atoms with van der Waals surface area (Å²) in [6, 6.07) is 16.4. The van der Waals surface area contributed by atoms with Gasteiger partial charge in [-0.25, -0.2) is 4.98 Å². The van der Waals surface area contributed by atoms with Crippen molar-refractivity contribution in [3.63, 3.8) is 0 Å². The Morgan fingerprint density at radius 3 is 2.46 bits per heavy atom. The maximum atomic E-state index is 13.4. The van der Waals surface area contributed by atoms with Crippen molar-refractivity contribution in [3.05, 3.63) is 93.5 Å². The minimum absolute atomic E-state index is 0.0461. The monoisotopic (exact) mass is 487 g/mol. The molecule has 176 valence electrons. The Bertz CT molecular complexity index is 1480. The van der Waals surface area contributed by atoms with Gasteiger partial charge >= 0.3 is 5.91 Å². The van der Waals surface area contributed by atoms with Crippen molar-refractivity contribution < 1.29 is 19.4 Å². The number of aromatic amines is 1. The number of carbonyl (C=O) groups is 2. The van der Waals surface area contributed by atoms with Gasteiger partial charge in [-0.3, -0.25) is 14.5 Å². The first-order chi connectivity index (χ1) is 16.8. The van der Waals surface area contributed by atoms with Crippen LogP contribution < -0.4 is 9.64 Å². The molecule has 1 aromatic heterocycles. The minimum atomic E-state index is -0.914. The summed E-state index contributed by atoms with van der Waals surface area (Å²) in [6.07, 6.45) is 0. The molecule has 35 heavy (non-hydrogen) atoms. The molecular weight excluding hydrogens is 466 g/mol. The highest BCUT2D eigenvalue weighted by Gasteiger charge is 2.48. The lowest BCUT2D eigenvalue weighted by Crippen LogP contribution is -2.30. The number of fused-ring (bicyclic) bond motifs is 1. The highest BCUT2D eigenvalue weighted by molar-refractivity contribution is 6.51. The topological polar surface area (TPSA) is 95.5 Å². The highest BCUT2D eigenvalue weighted by Crippen LogP contribution is 2.42. The first kappa shape index (κ1) is 22.7. The fraction of sp³-hybridized carbons (Fsp3) is 0.148. The van der Waals surface area contributed by atoms with E-state index in [4.69, 9.17) is 16.3 Å². The lowest BCUT2D eigenvalue weighted by molar-refractivity contribution is -0.132. The van der Waals surface area contributed by atoms with Crippen LogP contribution in [0, 0.1) is 13.8 Å². The molecule has 0 bridgehead atoms. The lowest BCUT2D eigenvalue weighted by atomic mass is 9.95. The molecule has 0 aliphatic carbocycles. The number of methoxy groups -OCH3 is 1. The third-order valence-corrected chi connectivity index (χ3v) is 6.52. The molecule has 4 aromatic rings. The fourth-order valence-electron chi connectivity index (χ4n) is 4.31. The van der Waals surface area contributed by atoms with Crippen LogP contribution in [-0.4, -0.2) is 33.9 Å². The van der Waals surface area contributed by atoms with E-state index in [1.165, 1.54) is 4.90 Å². The largest absolute Gasteiger partial charge is 0.507 e. The Morgan fingerprint density at radius 2 is 1.77 bits per heavy atom. The number of halogens is 1. The second-order valence-electron chi connectivity index (χ2n) is 8.47. The van der Waals surface area contributed by atoms with Crippen LogP contribution in [0.5, 0.6) is 5.75 Å². The Kier molecular flexibility index (Phi) is 5.57. The van der Waals surface area contributed by atoms with Crippen LogP contribution in [0.1, 0.15) is 28.3 Å². The average molecular weight is 488 g/mol. The fourth-order valence-corrected chi connectivity index (χ4v) is 4.50. The molecule has 5 rings (SSSR count). The second-order valence-corrected chi connectivity index (χ2v) is 8.90. The molecule has 1 amide bonds. The van der Waals surface area contributed by atoms with E-state index in [-0.39, 0.29) is 17.3 Å². The van der Waals surface area contributed by atoms with E-state index >= 15 is 0 Å². The van der Waals surface area contributed by atoms with E-state index in [0.717, 1.165) is 16.6 Å². The molecule has 8 heteroatoms. The number of aryl methyl sites for hydroxylation is 2. The van der Waals surface area contributed by atoms with Gasteiger partial charge in [0.15, 0.2) is 0 Å². The van der Waals surface area contributed by atoms with Crippen LogP contribution in [0.15, 0.2) is 66.2 Å². The Balaban J connectivity index is 1.73. The van der Waals surface area contributed by atoms with Gasteiger partial charge in [-0.05, 0) is 66.9 Å². The van der Waals surface area contributed by atoms with E-state index in [1.807, 2.05) is 26.0 Å². The second kappa shape index (κ2) is 8.60. The molecule has 1 fully saturated rings. The highest BCUT2D eigenvalue weighted by atomic mass is 35.5. The van der Waals surface area contributed by atoms with E-state index in [0.29, 0.717) is 27.4 Å². The molecule has 2 N–H and O–H groups in total. The van der Waals surface area contributed by atoms with Gasteiger partial charge < -0.3 is 14.8 Å². The predicted molar refractivity (Wildman–Crippen MR) is 135 cm³/mol. The molecule has 0 radical (unpaired) electrons. The number of hydrogen-bond acceptors (Lipinski definition) is 5. The molecule has 2 heterocycles. The number of Topliss-reactive ketones (excluding diaryl/α,β-unsaturated/α-hetero) is 1. The number of hydrogen-bond donors (Lipinski definition) is 2. The summed E-state index contributed by atoms with van der Waals surface area (Å²) in [5.74, 6) is -1.07. The number of H-pyrrole nitrogens is 1. The van der Waals surface area contributed by atoms with E-state index in [9.17, 15) is 14.7 Å². The maximum Gasteiger partial charge on any atom is 0.302 e. The lowest BCUT2D eigenvalue weighted by Gasteiger charge is -2.23. The molecule has 0 saturated carbocycles. The summed E-state index contributed by atoms with van der Waals surface area (Å²) in [4.78, 5) is 35.8. The summed E-state index contributed by atoms with van der Waals surface area (Å²) in [6.45, 7) is 3.97. The molecule has 1 aliphatic rings. The zero-order valence-electron chi connectivity index (χ0n) is 19.3. The van der Waals surface area contributed by atoms with Gasteiger partial charge in [-0.15, -0.1) is 0 Å². The summed E-state index contributed by atoms with van der Waals surface area (Å²) >= 11 is 6.12. The van der Waals surface area contributed by atoms with Gasteiger partial charge in [0.2, 0.25) is 5.95 Å². The number of nitrogens with zero attached hydrogens (tertiary/aromatic N) is 2. The smallest absolute Gasteiger partial charge is 0.302 e. The van der Waals surface area contributed by atoms with Crippen molar-refractivity contribution in [2.75, 3.05) is 12.0 Å². The van der Waals surface area contributed by atoms with E-state index in [1.54, 1.807) is 55.6 Å². The number of amides is 1. The molecule has 1 atom stereocenters. The number of imidazole rings is 1. The molecule has 1 unspecified atom stereocenters. The molecule has 0 spiro atoms. The number of aliphatic hydroxyl groups is 1. The number of benzene rings is 3. The minimum Gasteiger partial charge on any atom is -0.507 e. The number of carbonyl (C=O) groups excluding carboxylic acids is 2. The third-order valence-electron chi connectivity index (χ3n) is 6.29. The molecule has 1 aliphatic heterocycles. The maximum absolute atomic E-state index is 13.4. The number of anilines is 1. The number of ether oxygens (including phenoxy) is 1. The average Bonchev–Trinajstić information content (AvgIpc) is 3.36. The third kappa shape index (κ3) is 3.84. The zero-order chi connectivity index (χ0) is 24.9. The van der Waals surface area contributed by atoms with Gasteiger partial charge in [-0.1, -0.05) is 35.9 Å². The van der Waals surface area contributed by atoms with Crippen LogP contribution in [0.3, 0.4) is 0 Å². The van der Waals surface area contributed by atoms with Crippen LogP contribution in [0.4, 0.5) is 5.95 Å². The van der Waals surface area contributed by atoms with Crippen molar-refractivity contribution >= 4 is 46.0 Å². The van der Waals surface area contributed by atoms with Gasteiger partial charge in [0.25, 0.3) is 5.78 Å². The van der Waals surface area contributed by atoms with Gasteiger partial charge in [0.05, 0.1) is 29.8 Å². The number of ketones is 1. The number of nitrogens with one attached hydrogen (secondary N) is 1. The molecule has 1 saturated heterocycles. The van der Waals surface area contributed by atoms with Crippen LogP contribution in [0.2, 0.25) is 5.02 Å². The van der Waals surface area contributed by atoms with E-state index in [2.05, 4.69) is 9.97 Å². The van der Waals surface area contributed by atoms with Crippen LogP contribution >= 0.6 is 11.6 Å². The summed E-state index contributed by atoms with van der Waals surface area (Å²) < 4.78 is 5.26. The Labute approximate surface area is 206 Å². The van der Waals surface area contributed by atoms with Crippen LogP contribution in [-0.2, 0) is 9.59 Å². The number of rotatable bonds is 4. The molecule has 3 aromatic carbocycles. The predicted octanol–water partition coefficient (Wildman–Crippen LogP) is 5.47. The van der Waals surface area contributed by atoms with Crippen molar-refractivity contribution in [1.29, 1.82) is 0 Å². The summed E-state index contributed by atoms with van der Waals surface area (Å²) in [5.41, 5.74) is 4.45. The summed E-state index contributed by atoms with van der Waals surface area (Å²) in [7, 11) is 1.55. The van der Waals surface area contributed by atoms with Crippen molar-refractivity contribution in [2.24, 2.45) is 0 Å². The van der Waals surface area contributed by atoms with Crippen molar-refractivity contribution in [2.45, 2.75) is 19.9 Å². The molecule has 7 nitrogen and oxygen atoms in total. The van der Waals surface area contributed by atoms with Crippen LogP contribution in [0.25, 0.3) is 16.8 Å². The first-order valence-electron chi connectivity index (χ1n) is 11.0. The van der Waals surface area contributed by atoms with E-state index < -0.39 is 17.7 Å². The normalized spacial score (nSPS) is 17.4. The first-order valence-corrected chi connectivity index (χ1v) is 11.3. The quantitative estimate of drug-likeness (QED) is 0.226. The number of aromatic nitrogens is 2. The Morgan fingerprint density at radius 1 is 1.06 bits per heavy atom. The van der Waals surface area contributed by atoms with Crippen molar-refractivity contribution in [1.82, 2.24) is 9.97 Å². The van der Waals surface area contributed by atoms with Crippen molar-refractivity contribution in [3.8, 4) is 5.75 Å². The molecular formula is C27H22ClN3O4. The SMILES string of the molecule is COc1ccc(C2/C(=C(\O)c3cccc(Cl)c3)C(=O)C(=O)N2c2nc3cc(C)c(C)cc3[nH]2)cc1. The number of aliphatic hydroxyl groups excluding tert-OH is 1. The standard InChI is InChI=1S/C27H22ClN3O4/c1-14-11-20-21(12-15(14)2)30-27(29-20)31-23(16-7-9-19(35-3)10-8-16)22(25(33)26(31)34)24(32)17-5-4-6-18(28)13-17/h4-13,23,32H,1-3H3,(H,29,30)/b24-22+.